The maximum Gasteiger partial charge on any atom is 0.244 e. The Morgan fingerprint density at radius 2 is 1.86 bits per heavy atom. The van der Waals surface area contributed by atoms with Gasteiger partial charge in [0.1, 0.15) is 4.90 Å². The van der Waals surface area contributed by atoms with Gasteiger partial charge in [-0.3, -0.25) is 9.97 Å². The summed E-state index contributed by atoms with van der Waals surface area (Å²) in [5.41, 5.74) is 2.14. The van der Waals surface area contributed by atoms with Crippen molar-refractivity contribution in [3.63, 3.8) is 0 Å². The first-order valence-electron chi connectivity index (χ1n) is 6.44. The number of hydrogen-bond acceptors (Lipinski definition) is 5. The third-order valence-electron chi connectivity index (χ3n) is 2.94. The number of nitrogens with zero attached hydrogens (tertiary/aromatic N) is 3. The van der Waals surface area contributed by atoms with Crippen LogP contribution in [0, 0.1) is 6.92 Å². The number of sulfonamides is 1. The Labute approximate surface area is 124 Å². The SMILES string of the molecule is Cc1cnc(CNc2ccccc2S(=O)(=O)N(C)C)cn1. The van der Waals surface area contributed by atoms with E-state index < -0.39 is 10.0 Å². The molecule has 1 N–H and O–H groups in total. The number of aromatic nitrogens is 2. The highest BCUT2D eigenvalue weighted by Crippen LogP contribution is 2.23. The van der Waals surface area contributed by atoms with Crippen molar-refractivity contribution in [2.45, 2.75) is 18.4 Å². The Bertz CT molecular complexity index is 712. The van der Waals surface area contributed by atoms with Gasteiger partial charge in [0, 0.05) is 20.3 Å². The lowest BCUT2D eigenvalue weighted by Gasteiger charge is -2.16. The van der Waals surface area contributed by atoms with E-state index >= 15 is 0 Å². The Kier molecular flexibility index (Phi) is 4.54. The Morgan fingerprint density at radius 3 is 2.48 bits per heavy atom. The maximum absolute atomic E-state index is 12.3. The number of aryl methyl sites for hydroxylation is 1. The highest BCUT2D eigenvalue weighted by molar-refractivity contribution is 7.89. The lowest BCUT2D eigenvalue weighted by molar-refractivity contribution is 0.521. The van der Waals surface area contributed by atoms with E-state index in [1.54, 1.807) is 36.7 Å². The fourth-order valence-electron chi connectivity index (χ4n) is 1.73. The summed E-state index contributed by atoms with van der Waals surface area (Å²) in [4.78, 5) is 8.64. The van der Waals surface area contributed by atoms with E-state index in [2.05, 4.69) is 15.3 Å². The second-order valence-corrected chi connectivity index (χ2v) is 6.91. The van der Waals surface area contributed by atoms with E-state index in [0.717, 1.165) is 11.4 Å². The molecule has 0 atom stereocenters. The smallest absolute Gasteiger partial charge is 0.244 e. The van der Waals surface area contributed by atoms with Crippen LogP contribution in [-0.4, -0.2) is 36.8 Å². The molecule has 0 saturated heterocycles. The molecule has 6 nitrogen and oxygen atoms in total. The third kappa shape index (κ3) is 3.56. The minimum Gasteiger partial charge on any atom is -0.378 e. The summed E-state index contributed by atoms with van der Waals surface area (Å²) in [6.07, 6.45) is 3.35. The fraction of sp³-hybridized carbons (Fsp3) is 0.286. The van der Waals surface area contributed by atoms with Crippen LogP contribution in [0.1, 0.15) is 11.4 Å². The van der Waals surface area contributed by atoms with Crippen LogP contribution in [0.2, 0.25) is 0 Å². The van der Waals surface area contributed by atoms with Crippen molar-refractivity contribution in [3.8, 4) is 0 Å². The second-order valence-electron chi connectivity index (χ2n) is 4.79. The van der Waals surface area contributed by atoms with Gasteiger partial charge in [-0.05, 0) is 19.1 Å². The van der Waals surface area contributed by atoms with E-state index in [1.165, 1.54) is 18.4 Å². The van der Waals surface area contributed by atoms with Gasteiger partial charge in [0.25, 0.3) is 0 Å². The van der Waals surface area contributed by atoms with Gasteiger partial charge >= 0.3 is 0 Å². The second kappa shape index (κ2) is 6.19. The molecule has 112 valence electrons. The Balaban J connectivity index is 2.23. The monoisotopic (exact) mass is 306 g/mol. The number of nitrogens with one attached hydrogen (secondary N) is 1. The molecule has 0 spiro atoms. The molecule has 0 aliphatic rings. The molecule has 0 fully saturated rings. The van der Waals surface area contributed by atoms with Gasteiger partial charge in [-0.25, -0.2) is 12.7 Å². The molecule has 0 bridgehead atoms. The molecular weight excluding hydrogens is 288 g/mol. The molecule has 0 radical (unpaired) electrons. The van der Waals surface area contributed by atoms with Crippen LogP contribution in [-0.2, 0) is 16.6 Å². The van der Waals surface area contributed by atoms with E-state index in [9.17, 15) is 8.42 Å². The van der Waals surface area contributed by atoms with Gasteiger partial charge in [0.2, 0.25) is 10.0 Å². The van der Waals surface area contributed by atoms with Crippen LogP contribution in [0.25, 0.3) is 0 Å². The Hall–Kier alpha value is -1.99. The molecule has 1 aromatic heterocycles. The number of benzene rings is 1. The van der Waals surface area contributed by atoms with E-state index in [1.807, 2.05) is 6.92 Å². The van der Waals surface area contributed by atoms with E-state index in [4.69, 9.17) is 0 Å². The first kappa shape index (κ1) is 15.4. The Morgan fingerprint density at radius 1 is 1.14 bits per heavy atom. The van der Waals surface area contributed by atoms with Crippen LogP contribution >= 0.6 is 0 Å². The summed E-state index contributed by atoms with van der Waals surface area (Å²) in [5.74, 6) is 0. The summed E-state index contributed by atoms with van der Waals surface area (Å²) in [5, 5.41) is 3.10. The lowest BCUT2D eigenvalue weighted by atomic mass is 10.3. The summed E-state index contributed by atoms with van der Waals surface area (Å²) in [6, 6.07) is 6.81. The highest BCUT2D eigenvalue weighted by Gasteiger charge is 2.20. The van der Waals surface area contributed by atoms with Crippen LogP contribution in [0.5, 0.6) is 0 Å². The molecule has 1 aromatic carbocycles. The zero-order valence-corrected chi connectivity index (χ0v) is 13.1. The fourth-order valence-corrected chi connectivity index (χ4v) is 2.79. The van der Waals surface area contributed by atoms with Crippen molar-refractivity contribution in [1.29, 1.82) is 0 Å². The molecule has 0 saturated carbocycles. The summed E-state index contributed by atoms with van der Waals surface area (Å²) in [6.45, 7) is 2.27. The number of para-hydroxylation sites is 1. The predicted molar refractivity (Wildman–Crippen MR) is 81.4 cm³/mol. The minimum atomic E-state index is -3.48. The van der Waals surface area contributed by atoms with Crippen molar-refractivity contribution in [3.05, 3.63) is 48.0 Å². The molecule has 0 aliphatic carbocycles. The molecule has 0 amide bonds. The maximum atomic E-state index is 12.3. The van der Waals surface area contributed by atoms with Crippen molar-refractivity contribution < 1.29 is 8.42 Å². The van der Waals surface area contributed by atoms with Crippen molar-refractivity contribution in [2.75, 3.05) is 19.4 Å². The molecule has 2 rings (SSSR count). The highest BCUT2D eigenvalue weighted by atomic mass is 32.2. The van der Waals surface area contributed by atoms with Crippen LogP contribution in [0.3, 0.4) is 0 Å². The normalized spacial score (nSPS) is 11.6. The van der Waals surface area contributed by atoms with Gasteiger partial charge in [0.15, 0.2) is 0 Å². The summed E-state index contributed by atoms with van der Waals surface area (Å²) >= 11 is 0. The minimum absolute atomic E-state index is 0.245. The zero-order valence-electron chi connectivity index (χ0n) is 12.2. The quantitative estimate of drug-likeness (QED) is 0.909. The van der Waals surface area contributed by atoms with Crippen LogP contribution in [0.4, 0.5) is 5.69 Å². The van der Waals surface area contributed by atoms with Gasteiger partial charge < -0.3 is 5.32 Å². The van der Waals surface area contributed by atoms with E-state index in [0.29, 0.717) is 12.2 Å². The summed E-state index contributed by atoms with van der Waals surface area (Å²) < 4.78 is 25.7. The van der Waals surface area contributed by atoms with Crippen molar-refractivity contribution >= 4 is 15.7 Å². The van der Waals surface area contributed by atoms with Crippen LogP contribution in [0.15, 0.2) is 41.6 Å². The summed E-state index contributed by atoms with van der Waals surface area (Å²) in [7, 11) is -0.461. The molecule has 21 heavy (non-hydrogen) atoms. The van der Waals surface area contributed by atoms with Gasteiger partial charge in [-0.1, -0.05) is 12.1 Å². The number of anilines is 1. The molecule has 0 unspecified atom stereocenters. The zero-order chi connectivity index (χ0) is 15.5. The molecule has 7 heteroatoms. The lowest BCUT2D eigenvalue weighted by Crippen LogP contribution is -2.23. The average Bonchev–Trinajstić information content (AvgIpc) is 2.47. The van der Waals surface area contributed by atoms with E-state index in [-0.39, 0.29) is 4.90 Å². The number of rotatable bonds is 5. The van der Waals surface area contributed by atoms with Crippen LogP contribution < -0.4 is 5.32 Å². The van der Waals surface area contributed by atoms with Crippen molar-refractivity contribution in [2.24, 2.45) is 0 Å². The van der Waals surface area contributed by atoms with Gasteiger partial charge in [0.05, 0.1) is 29.8 Å². The van der Waals surface area contributed by atoms with Gasteiger partial charge in [-0.2, -0.15) is 0 Å². The first-order chi connectivity index (χ1) is 9.91. The average molecular weight is 306 g/mol. The third-order valence-corrected chi connectivity index (χ3v) is 4.81. The first-order valence-corrected chi connectivity index (χ1v) is 7.88. The van der Waals surface area contributed by atoms with Crippen molar-refractivity contribution in [1.82, 2.24) is 14.3 Å². The molecule has 0 aliphatic heterocycles. The standard InChI is InChI=1S/C14H18N4O2S/c1-11-8-16-12(9-15-11)10-17-13-6-4-5-7-14(13)21(19,20)18(2)3/h4-9,17H,10H2,1-3H3. The molecular formula is C14H18N4O2S. The largest absolute Gasteiger partial charge is 0.378 e. The predicted octanol–water partition coefficient (Wildman–Crippen LogP) is 1.65. The molecule has 2 aromatic rings. The van der Waals surface area contributed by atoms with Gasteiger partial charge in [-0.15, -0.1) is 0 Å². The topological polar surface area (TPSA) is 75.2 Å². The number of hydrogen-bond donors (Lipinski definition) is 1. The molecule has 1 heterocycles.